The summed E-state index contributed by atoms with van der Waals surface area (Å²) in [6, 6.07) is 3.85. The van der Waals surface area contributed by atoms with Gasteiger partial charge >= 0.3 is 0 Å². The van der Waals surface area contributed by atoms with Crippen LogP contribution in [-0.4, -0.2) is 11.5 Å². The van der Waals surface area contributed by atoms with Gasteiger partial charge in [-0.15, -0.1) is 0 Å². The first-order valence-corrected chi connectivity index (χ1v) is 4.20. The molecule has 2 rings (SSSR count). The first kappa shape index (κ1) is 8.02. The van der Waals surface area contributed by atoms with Crippen molar-refractivity contribution in [1.82, 2.24) is 10.3 Å². The summed E-state index contributed by atoms with van der Waals surface area (Å²) in [5.41, 5.74) is 8.19. The fraction of sp³-hybridized carbons (Fsp3) is 0.333. The van der Waals surface area contributed by atoms with Crippen LogP contribution in [0.5, 0.6) is 0 Å². The van der Waals surface area contributed by atoms with Gasteiger partial charge in [-0.05, 0) is 11.6 Å². The molecular formula is C9H10N4. The molecule has 0 saturated carbocycles. The van der Waals surface area contributed by atoms with E-state index in [-0.39, 0.29) is 0 Å². The number of nitrogens with one attached hydrogen (secondary N) is 1. The summed E-state index contributed by atoms with van der Waals surface area (Å²) >= 11 is 0. The number of hydrogen-bond donors (Lipinski definition) is 2. The average molecular weight is 174 g/mol. The molecule has 1 aromatic rings. The molecule has 4 nitrogen and oxygen atoms in total. The summed E-state index contributed by atoms with van der Waals surface area (Å²) in [6.07, 6.45) is 0.894. The Labute approximate surface area is 76.4 Å². The molecule has 0 saturated heterocycles. The van der Waals surface area contributed by atoms with Gasteiger partial charge in [0.2, 0.25) is 0 Å². The van der Waals surface area contributed by atoms with Crippen molar-refractivity contribution < 1.29 is 0 Å². The molecule has 2 heterocycles. The summed E-state index contributed by atoms with van der Waals surface area (Å²) in [5, 5.41) is 12.0. The van der Waals surface area contributed by atoms with Crippen LogP contribution in [0, 0.1) is 11.3 Å². The third-order valence-corrected chi connectivity index (χ3v) is 2.20. The highest BCUT2D eigenvalue weighted by molar-refractivity contribution is 5.51. The van der Waals surface area contributed by atoms with E-state index in [1.54, 1.807) is 0 Å². The van der Waals surface area contributed by atoms with E-state index in [1.807, 2.05) is 12.1 Å². The first-order valence-electron chi connectivity index (χ1n) is 4.20. The van der Waals surface area contributed by atoms with Crippen LogP contribution < -0.4 is 11.1 Å². The Morgan fingerprint density at radius 1 is 1.62 bits per heavy atom. The summed E-state index contributed by atoms with van der Waals surface area (Å²) in [6.45, 7) is 1.72. The molecule has 66 valence electrons. The number of nitrogens with zero attached hydrogens (tertiary/aromatic N) is 2. The maximum Gasteiger partial charge on any atom is 0.141 e. The van der Waals surface area contributed by atoms with Gasteiger partial charge < -0.3 is 11.1 Å². The van der Waals surface area contributed by atoms with Crippen molar-refractivity contribution in [2.24, 2.45) is 0 Å². The summed E-state index contributed by atoms with van der Waals surface area (Å²) in [4.78, 5) is 4.20. The minimum absolute atomic E-state index is 0.350. The molecule has 0 atom stereocenters. The van der Waals surface area contributed by atoms with Gasteiger partial charge in [0, 0.05) is 25.2 Å². The Kier molecular flexibility index (Phi) is 1.87. The number of pyridine rings is 1. The fourth-order valence-electron chi connectivity index (χ4n) is 1.50. The average Bonchev–Trinajstić information content (AvgIpc) is 2.17. The van der Waals surface area contributed by atoms with Gasteiger partial charge in [0.1, 0.15) is 11.9 Å². The largest absolute Gasteiger partial charge is 0.383 e. The summed E-state index contributed by atoms with van der Waals surface area (Å²) in [5.74, 6) is 0.350. The van der Waals surface area contributed by atoms with Crippen molar-refractivity contribution in [1.29, 1.82) is 5.26 Å². The number of aromatic nitrogens is 1. The highest BCUT2D eigenvalue weighted by Crippen LogP contribution is 2.17. The number of nitrogens with two attached hydrogens (primary N) is 1. The van der Waals surface area contributed by atoms with Crippen LogP contribution in [0.4, 0.5) is 5.82 Å². The number of rotatable bonds is 0. The van der Waals surface area contributed by atoms with E-state index in [0.29, 0.717) is 11.4 Å². The predicted molar refractivity (Wildman–Crippen MR) is 48.8 cm³/mol. The zero-order valence-corrected chi connectivity index (χ0v) is 7.17. The van der Waals surface area contributed by atoms with Crippen molar-refractivity contribution >= 4 is 5.82 Å². The molecular weight excluding hydrogens is 164 g/mol. The van der Waals surface area contributed by atoms with Crippen LogP contribution in [0.1, 0.15) is 16.8 Å². The lowest BCUT2D eigenvalue weighted by molar-refractivity contribution is 0.631. The zero-order chi connectivity index (χ0) is 9.26. The van der Waals surface area contributed by atoms with Crippen LogP contribution in [0.2, 0.25) is 0 Å². The Morgan fingerprint density at radius 2 is 2.46 bits per heavy atom. The lowest BCUT2D eigenvalue weighted by Crippen LogP contribution is -2.25. The number of nitriles is 1. The molecule has 0 unspecified atom stereocenters. The van der Waals surface area contributed by atoms with Crippen molar-refractivity contribution in [3.8, 4) is 6.07 Å². The molecule has 4 heteroatoms. The van der Waals surface area contributed by atoms with Gasteiger partial charge in [-0.3, -0.25) is 0 Å². The van der Waals surface area contributed by atoms with Crippen LogP contribution in [0.25, 0.3) is 0 Å². The molecule has 0 aliphatic carbocycles. The first-order chi connectivity index (χ1) is 6.31. The van der Waals surface area contributed by atoms with Crippen LogP contribution in [0.15, 0.2) is 6.07 Å². The molecule has 13 heavy (non-hydrogen) atoms. The second kappa shape index (κ2) is 3.04. The maximum atomic E-state index is 8.73. The highest BCUT2D eigenvalue weighted by atomic mass is 14.9. The number of hydrogen-bond acceptors (Lipinski definition) is 4. The maximum absolute atomic E-state index is 8.73. The number of nitrogen functional groups attached to an aromatic ring is 1. The third-order valence-electron chi connectivity index (χ3n) is 2.20. The minimum atomic E-state index is 0.350. The highest BCUT2D eigenvalue weighted by Gasteiger charge is 2.12. The lowest BCUT2D eigenvalue weighted by atomic mass is 10.1. The second-order valence-corrected chi connectivity index (χ2v) is 3.07. The van der Waals surface area contributed by atoms with Gasteiger partial charge in [0.25, 0.3) is 0 Å². The van der Waals surface area contributed by atoms with E-state index >= 15 is 0 Å². The minimum Gasteiger partial charge on any atom is -0.383 e. The molecule has 0 aromatic carbocycles. The van der Waals surface area contributed by atoms with Crippen LogP contribution >= 0.6 is 0 Å². The van der Waals surface area contributed by atoms with E-state index in [9.17, 15) is 0 Å². The molecule has 0 fully saturated rings. The fourth-order valence-corrected chi connectivity index (χ4v) is 1.50. The SMILES string of the molecule is N#Cc1cc2c(nc1N)CCNC2. The Balaban J connectivity index is 2.52. The number of anilines is 1. The summed E-state index contributed by atoms with van der Waals surface area (Å²) < 4.78 is 0. The van der Waals surface area contributed by atoms with Gasteiger partial charge in [-0.1, -0.05) is 0 Å². The normalized spacial score (nSPS) is 14.7. The standard InChI is InChI=1S/C9H10N4/c10-4-6-3-7-5-12-2-1-8(7)13-9(6)11/h3,12H,1-2,5H2,(H2,11,13). The third kappa shape index (κ3) is 1.34. The van der Waals surface area contributed by atoms with Gasteiger partial charge in [0.15, 0.2) is 0 Å². The number of fused-ring (bicyclic) bond motifs is 1. The van der Waals surface area contributed by atoms with E-state index in [0.717, 1.165) is 30.8 Å². The quantitative estimate of drug-likeness (QED) is 0.588. The monoisotopic (exact) mass is 174 g/mol. The molecule has 3 N–H and O–H groups in total. The van der Waals surface area contributed by atoms with E-state index < -0.39 is 0 Å². The van der Waals surface area contributed by atoms with Gasteiger partial charge in [0.05, 0.1) is 5.56 Å². The van der Waals surface area contributed by atoms with Gasteiger partial charge in [-0.25, -0.2) is 4.98 Å². The smallest absolute Gasteiger partial charge is 0.141 e. The molecule has 1 aliphatic heterocycles. The lowest BCUT2D eigenvalue weighted by Gasteiger charge is -2.16. The second-order valence-electron chi connectivity index (χ2n) is 3.07. The van der Waals surface area contributed by atoms with Gasteiger partial charge in [-0.2, -0.15) is 5.26 Å². The van der Waals surface area contributed by atoms with E-state index in [1.165, 1.54) is 0 Å². The van der Waals surface area contributed by atoms with Crippen molar-refractivity contribution in [2.45, 2.75) is 13.0 Å². The van der Waals surface area contributed by atoms with Crippen LogP contribution in [-0.2, 0) is 13.0 Å². The van der Waals surface area contributed by atoms with Crippen molar-refractivity contribution in [3.05, 3.63) is 22.9 Å². The predicted octanol–water partition coefficient (Wildman–Crippen LogP) is 0.181. The summed E-state index contributed by atoms with van der Waals surface area (Å²) in [7, 11) is 0. The van der Waals surface area contributed by atoms with Crippen molar-refractivity contribution in [2.75, 3.05) is 12.3 Å². The van der Waals surface area contributed by atoms with Crippen LogP contribution in [0.3, 0.4) is 0 Å². The Hall–Kier alpha value is -1.60. The molecule has 0 spiro atoms. The van der Waals surface area contributed by atoms with E-state index in [4.69, 9.17) is 11.0 Å². The Morgan fingerprint density at radius 3 is 3.23 bits per heavy atom. The molecule has 0 amide bonds. The zero-order valence-electron chi connectivity index (χ0n) is 7.17. The molecule has 0 radical (unpaired) electrons. The molecule has 1 aromatic heterocycles. The molecule has 1 aliphatic rings. The Bertz CT molecular complexity index is 378. The van der Waals surface area contributed by atoms with Crippen molar-refractivity contribution in [3.63, 3.8) is 0 Å². The van der Waals surface area contributed by atoms with E-state index in [2.05, 4.69) is 10.3 Å². The molecule has 0 bridgehead atoms. The topological polar surface area (TPSA) is 74.7 Å².